The van der Waals surface area contributed by atoms with E-state index in [4.69, 9.17) is 0 Å². The van der Waals surface area contributed by atoms with Crippen LogP contribution in [0.3, 0.4) is 0 Å². The lowest BCUT2D eigenvalue weighted by Gasteiger charge is -2.09. The second-order valence-electron chi connectivity index (χ2n) is 3.25. The first-order chi connectivity index (χ1) is 7.27. The maximum atomic E-state index is 10.5. The van der Waals surface area contributed by atoms with Crippen LogP contribution >= 0.6 is 0 Å². The summed E-state index contributed by atoms with van der Waals surface area (Å²) >= 11 is 0. The maximum absolute atomic E-state index is 10.5. The summed E-state index contributed by atoms with van der Waals surface area (Å²) in [6.45, 7) is 2.77. The highest BCUT2D eigenvalue weighted by atomic mass is 16.3. The van der Waals surface area contributed by atoms with E-state index < -0.39 is 0 Å². The molecule has 0 aliphatic rings. The molecule has 78 valence electrons. The van der Waals surface area contributed by atoms with E-state index in [0.29, 0.717) is 5.95 Å². The van der Waals surface area contributed by atoms with Crippen LogP contribution in [0.5, 0.6) is 0 Å². The zero-order chi connectivity index (χ0) is 10.8. The first-order valence-corrected chi connectivity index (χ1v) is 4.80. The summed E-state index contributed by atoms with van der Waals surface area (Å²) in [5.74, 6) is 0.578. The van der Waals surface area contributed by atoms with Crippen molar-refractivity contribution in [3.8, 4) is 0 Å². The van der Waals surface area contributed by atoms with Crippen molar-refractivity contribution in [1.82, 2.24) is 9.55 Å². The van der Waals surface area contributed by atoms with Gasteiger partial charge in [0.2, 0.25) is 5.95 Å². The molecule has 0 saturated heterocycles. The Bertz CT molecular complexity index is 491. The predicted octanol–water partition coefficient (Wildman–Crippen LogP) is 2.17. The first-order valence-electron chi connectivity index (χ1n) is 4.80. The molecule has 0 spiro atoms. The molecule has 0 radical (unpaired) electrons. The fraction of sp³-hybridized carbons (Fsp3) is 0.300. The first kappa shape index (κ1) is 9.64. The Balaban J connectivity index is 2.68. The molecule has 1 heterocycles. The molecule has 5 heteroatoms. The van der Waals surface area contributed by atoms with Crippen molar-refractivity contribution in [2.75, 3.05) is 12.1 Å². The van der Waals surface area contributed by atoms with Gasteiger partial charge in [0.1, 0.15) is 0 Å². The normalized spacial score (nSPS) is 10.5. The molecular formula is C10H12N4O. The zero-order valence-electron chi connectivity index (χ0n) is 8.71. The highest BCUT2D eigenvalue weighted by Gasteiger charge is 2.12. The molecular weight excluding hydrogens is 192 g/mol. The van der Waals surface area contributed by atoms with Gasteiger partial charge in [-0.1, -0.05) is 12.1 Å². The number of imidazole rings is 1. The van der Waals surface area contributed by atoms with E-state index in [2.05, 4.69) is 10.3 Å². The highest BCUT2D eigenvalue weighted by molar-refractivity contribution is 5.78. The molecule has 1 aromatic carbocycles. The van der Waals surface area contributed by atoms with E-state index in [1.54, 1.807) is 7.05 Å². The number of aromatic nitrogens is 2. The van der Waals surface area contributed by atoms with Crippen LogP contribution in [-0.4, -0.2) is 16.6 Å². The Morgan fingerprint density at radius 3 is 2.87 bits per heavy atom. The summed E-state index contributed by atoms with van der Waals surface area (Å²) in [7, 11) is 1.60. The number of anilines is 1. The second-order valence-corrected chi connectivity index (χ2v) is 3.25. The Labute approximate surface area is 87.3 Å². The Morgan fingerprint density at radius 2 is 2.20 bits per heavy atom. The number of rotatable bonds is 3. The van der Waals surface area contributed by atoms with Crippen molar-refractivity contribution < 1.29 is 0 Å². The molecule has 0 saturated carbocycles. The quantitative estimate of drug-likeness (QED) is 0.568. The lowest BCUT2D eigenvalue weighted by atomic mass is 10.3. The van der Waals surface area contributed by atoms with Gasteiger partial charge in [0.25, 0.3) is 0 Å². The Hall–Kier alpha value is -1.91. The van der Waals surface area contributed by atoms with Gasteiger partial charge in [-0.2, -0.15) is 5.01 Å². The third-order valence-corrected chi connectivity index (χ3v) is 2.36. The topological polar surface area (TPSA) is 50.5 Å². The van der Waals surface area contributed by atoms with Crippen molar-refractivity contribution in [2.24, 2.45) is 5.29 Å². The molecule has 0 unspecified atom stereocenters. The van der Waals surface area contributed by atoms with Crippen LogP contribution in [0.2, 0.25) is 0 Å². The fourth-order valence-electron chi connectivity index (χ4n) is 1.66. The molecule has 1 aromatic heterocycles. The SMILES string of the molecule is CCn1c(N(C)N=O)nc2ccccc21. The van der Waals surface area contributed by atoms with Crippen LogP contribution in [0, 0.1) is 4.91 Å². The van der Waals surface area contributed by atoms with Gasteiger partial charge in [-0.3, -0.25) is 0 Å². The van der Waals surface area contributed by atoms with Crippen LogP contribution < -0.4 is 5.01 Å². The summed E-state index contributed by atoms with van der Waals surface area (Å²) in [5, 5.41) is 4.10. The largest absolute Gasteiger partial charge is 0.309 e. The van der Waals surface area contributed by atoms with Gasteiger partial charge in [0, 0.05) is 13.6 Å². The second kappa shape index (κ2) is 3.68. The van der Waals surface area contributed by atoms with Gasteiger partial charge < -0.3 is 4.57 Å². The minimum absolute atomic E-state index is 0.578. The molecule has 0 N–H and O–H groups in total. The summed E-state index contributed by atoms with van der Waals surface area (Å²) in [5.41, 5.74) is 1.90. The third-order valence-electron chi connectivity index (χ3n) is 2.36. The molecule has 2 aromatic rings. The van der Waals surface area contributed by atoms with Gasteiger partial charge in [-0.25, -0.2) is 4.98 Å². The van der Waals surface area contributed by atoms with Crippen molar-refractivity contribution in [1.29, 1.82) is 0 Å². The van der Waals surface area contributed by atoms with Crippen LogP contribution in [0.25, 0.3) is 11.0 Å². The molecule has 2 rings (SSSR count). The highest BCUT2D eigenvalue weighted by Crippen LogP contribution is 2.21. The average Bonchev–Trinajstić information content (AvgIpc) is 2.66. The van der Waals surface area contributed by atoms with Crippen molar-refractivity contribution in [3.63, 3.8) is 0 Å². The van der Waals surface area contributed by atoms with E-state index in [1.165, 1.54) is 5.01 Å². The minimum atomic E-state index is 0.578. The number of hydrogen-bond donors (Lipinski definition) is 0. The van der Waals surface area contributed by atoms with Crippen LogP contribution in [-0.2, 0) is 6.54 Å². The van der Waals surface area contributed by atoms with E-state index in [0.717, 1.165) is 17.6 Å². The van der Waals surface area contributed by atoms with Crippen LogP contribution in [0.4, 0.5) is 5.95 Å². The zero-order valence-corrected chi connectivity index (χ0v) is 8.71. The van der Waals surface area contributed by atoms with Gasteiger partial charge in [-0.05, 0) is 19.1 Å². The summed E-state index contributed by atoms with van der Waals surface area (Å²) in [4.78, 5) is 14.8. The lowest BCUT2D eigenvalue weighted by Crippen LogP contribution is -2.13. The maximum Gasteiger partial charge on any atom is 0.229 e. The third kappa shape index (κ3) is 1.45. The standard InChI is InChI=1S/C10H12N4O/c1-3-14-9-7-5-4-6-8(9)11-10(14)13(2)12-15/h4-7H,3H2,1-2H3. The van der Waals surface area contributed by atoms with E-state index in [-0.39, 0.29) is 0 Å². The number of hydrogen-bond acceptors (Lipinski definition) is 3. The van der Waals surface area contributed by atoms with E-state index in [1.807, 2.05) is 35.8 Å². The summed E-state index contributed by atoms with van der Waals surface area (Å²) in [6.07, 6.45) is 0. The van der Waals surface area contributed by atoms with Crippen molar-refractivity contribution in [3.05, 3.63) is 29.2 Å². The number of fused-ring (bicyclic) bond motifs is 1. The minimum Gasteiger partial charge on any atom is -0.309 e. The number of nitroso groups, excluding NO2 is 1. The molecule has 15 heavy (non-hydrogen) atoms. The van der Waals surface area contributed by atoms with Crippen molar-refractivity contribution in [2.45, 2.75) is 13.5 Å². The van der Waals surface area contributed by atoms with Gasteiger partial charge in [0.05, 0.1) is 16.3 Å². The number of aryl methyl sites for hydroxylation is 1. The molecule has 5 nitrogen and oxygen atoms in total. The molecule has 0 bridgehead atoms. The van der Waals surface area contributed by atoms with Crippen LogP contribution in [0.15, 0.2) is 29.6 Å². The van der Waals surface area contributed by atoms with Gasteiger partial charge in [0.15, 0.2) is 0 Å². The number of para-hydroxylation sites is 2. The Morgan fingerprint density at radius 1 is 1.47 bits per heavy atom. The Kier molecular flexibility index (Phi) is 2.37. The molecule has 0 atom stereocenters. The number of nitrogens with zero attached hydrogens (tertiary/aromatic N) is 4. The molecule has 0 fully saturated rings. The lowest BCUT2D eigenvalue weighted by molar-refractivity contribution is 0.755. The summed E-state index contributed by atoms with van der Waals surface area (Å²) < 4.78 is 1.96. The monoisotopic (exact) mass is 204 g/mol. The fourth-order valence-corrected chi connectivity index (χ4v) is 1.66. The number of benzene rings is 1. The summed E-state index contributed by atoms with van der Waals surface area (Å²) in [6, 6.07) is 7.78. The molecule has 0 aliphatic heterocycles. The predicted molar refractivity (Wildman–Crippen MR) is 59.6 cm³/mol. The average molecular weight is 204 g/mol. The van der Waals surface area contributed by atoms with E-state index in [9.17, 15) is 4.91 Å². The molecule has 0 aliphatic carbocycles. The van der Waals surface area contributed by atoms with E-state index >= 15 is 0 Å². The van der Waals surface area contributed by atoms with Crippen LogP contribution in [0.1, 0.15) is 6.92 Å². The smallest absolute Gasteiger partial charge is 0.229 e. The van der Waals surface area contributed by atoms with Crippen molar-refractivity contribution >= 4 is 17.0 Å². The van der Waals surface area contributed by atoms with Gasteiger partial charge >= 0.3 is 0 Å². The van der Waals surface area contributed by atoms with Gasteiger partial charge in [-0.15, -0.1) is 4.91 Å². The molecule has 0 amide bonds.